The molecule has 0 saturated carbocycles. The van der Waals surface area contributed by atoms with Crippen LogP contribution in [-0.4, -0.2) is 50.4 Å². The van der Waals surface area contributed by atoms with Crippen LogP contribution in [0.25, 0.3) is 0 Å². The normalized spacial score (nSPS) is 19.2. The van der Waals surface area contributed by atoms with Gasteiger partial charge in [0.05, 0.1) is 10.9 Å². The van der Waals surface area contributed by atoms with Crippen molar-refractivity contribution in [2.45, 2.75) is 10.9 Å². The van der Waals surface area contributed by atoms with Gasteiger partial charge < -0.3 is 5.32 Å². The first-order valence-electron chi connectivity index (χ1n) is 6.06. The fourth-order valence-electron chi connectivity index (χ4n) is 1.71. The molecule has 1 aromatic rings. The van der Waals surface area contributed by atoms with Crippen molar-refractivity contribution in [3.8, 4) is 0 Å². The largest absolute Gasteiger partial charge is 0.325 e. The molecule has 0 aromatic heterocycles. The third-order valence-electron chi connectivity index (χ3n) is 2.93. The van der Waals surface area contributed by atoms with Gasteiger partial charge in [-0.3, -0.25) is 10.1 Å². The van der Waals surface area contributed by atoms with E-state index in [0.717, 1.165) is 15.9 Å². The van der Waals surface area contributed by atoms with E-state index in [1.54, 1.807) is 23.9 Å². The quantitative estimate of drug-likeness (QED) is 0.848. The average Bonchev–Trinajstić information content (AvgIpc) is 2.93. The highest BCUT2D eigenvalue weighted by atomic mass is 32.2. The molecule has 1 unspecified atom stereocenters. The fourth-order valence-corrected chi connectivity index (χ4v) is 3.56. The van der Waals surface area contributed by atoms with Crippen molar-refractivity contribution in [3.05, 3.63) is 24.3 Å². The van der Waals surface area contributed by atoms with Gasteiger partial charge in [-0.15, -0.1) is 11.8 Å². The number of hydrogen-bond acceptors (Lipinski definition) is 5. The van der Waals surface area contributed by atoms with Crippen LogP contribution in [0.3, 0.4) is 0 Å². The number of nitrogens with zero attached hydrogens (tertiary/aromatic N) is 1. The summed E-state index contributed by atoms with van der Waals surface area (Å²) in [5.41, 5.74) is 0.589. The number of carbonyl (C=O) groups is 1. The number of amides is 1. The van der Waals surface area contributed by atoms with Gasteiger partial charge in [0.15, 0.2) is 0 Å². The van der Waals surface area contributed by atoms with E-state index in [-0.39, 0.29) is 16.8 Å². The second-order valence-electron chi connectivity index (χ2n) is 4.57. The lowest BCUT2D eigenvalue weighted by atomic mass is 10.2. The van der Waals surface area contributed by atoms with E-state index in [1.807, 2.05) is 0 Å². The topological polar surface area (TPSA) is 78.5 Å². The first-order valence-corrected chi connectivity index (χ1v) is 8.65. The number of rotatable bonds is 4. The number of benzene rings is 1. The molecule has 0 spiro atoms. The van der Waals surface area contributed by atoms with Crippen LogP contribution >= 0.6 is 11.8 Å². The SMILES string of the molecule is CN(C)S(=O)(=O)c1ccc(NC(=O)C2CSCN2)cc1. The maximum atomic E-state index is 11.9. The lowest BCUT2D eigenvalue weighted by Gasteiger charge is -2.13. The summed E-state index contributed by atoms with van der Waals surface area (Å²) in [6.45, 7) is 0. The van der Waals surface area contributed by atoms with Gasteiger partial charge >= 0.3 is 0 Å². The Morgan fingerprint density at radius 2 is 2.00 bits per heavy atom. The third-order valence-corrected chi connectivity index (χ3v) is 5.70. The summed E-state index contributed by atoms with van der Waals surface area (Å²) >= 11 is 1.67. The van der Waals surface area contributed by atoms with E-state index < -0.39 is 10.0 Å². The van der Waals surface area contributed by atoms with E-state index in [4.69, 9.17) is 0 Å². The minimum atomic E-state index is -3.43. The molecule has 1 heterocycles. The van der Waals surface area contributed by atoms with E-state index in [9.17, 15) is 13.2 Å². The molecule has 1 aliphatic heterocycles. The lowest BCUT2D eigenvalue weighted by molar-refractivity contribution is -0.117. The van der Waals surface area contributed by atoms with Gasteiger partial charge in [0.25, 0.3) is 0 Å². The highest BCUT2D eigenvalue weighted by Gasteiger charge is 2.22. The fraction of sp³-hybridized carbons (Fsp3) is 0.417. The zero-order valence-electron chi connectivity index (χ0n) is 11.3. The summed E-state index contributed by atoms with van der Waals surface area (Å²) in [6, 6.07) is 5.97. The monoisotopic (exact) mass is 315 g/mol. The molecule has 1 amide bonds. The molecule has 8 heteroatoms. The molecule has 2 rings (SSSR count). The first kappa shape index (κ1) is 15.3. The van der Waals surface area contributed by atoms with Crippen LogP contribution in [0.5, 0.6) is 0 Å². The Balaban J connectivity index is 2.07. The van der Waals surface area contributed by atoms with E-state index >= 15 is 0 Å². The summed E-state index contributed by atoms with van der Waals surface area (Å²) in [6.07, 6.45) is 0. The highest BCUT2D eigenvalue weighted by molar-refractivity contribution is 7.99. The number of hydrogen-bond donors (Lipinski definition) is 2. The van der Waals surface area contributed by atoms with Gasteiger partial charge in [-0.05, 0) is 24.3 Å². The van der Waals surface area contributed by atoms with Crippen molar-refractivity contribution in [1.29, 1.82) is 0 Å². The first-order chi connectivity index (χ1) is 9.41. The molecule has 1 atom stereocenters. The molecule has 1 saturated heterocycles. The zero-order chi connectivity index (χ0) is 14.8. The van der Waals surface area contributed by atoms with Crippen LogP contribution in [0.2, 0.25) is 0 Å². The molecule has 0 bridgehead atoms. The maximum absolute atomic E-state index is 11.9. The average molecular weight is 315 g/mol. The molecule has 20 heavy (non-hydrogen) atoms. The lowest BCUT2D eigenvalue weighted by Crippen LogP contribution is -2.37. The molecular formula is C12H17N3O3S2. The third kappa shape index (κ3) is 3.32. The second-order valence-corrected chi connectivity index (χ2v) is 7.75. The van der Waals surface area contributed by atoms with Gasteiger partial charge in [-0.2, -0.15) is 0 Å². The molecule has 110 valence electrons. The van der Waals surface area contributed by atoms with Gasteiger partial charge in [0, 0.05) is 31.4 Å². The zero-order valence-corrected chi connectivity index (χ0v) is 12.9. The molecular weight excluding hydrogens is 298 g/mol. The molecule has 6 nitrogen and oxygen atoms in total. The van der Waals surface area contributed by atoms with Crippen molar-refractivity contribution in [1.82, 2.24) is 9.62 Å². The molecule has 0 aliphatic carbocycles. The van der Waals surface area contributed by atoms with E-state index in [0.29, 0.717) is 5.69 Å². The van der Waals surface area contributed by atoms with E-state index in [2.05, 4.69) is 10.6 Å². The Morgan fingerprint density at radius 3 is 2.50 bits per heavy atom. The summed E-state index contributed by atoms with van der Waals surface area (Å²) < 4.78 is 25.0. The van der Waals surface area contributed by atoms with Gasteiger partial charge in [0.2, 0.25) is 15.9 Å². The maximum Gasteiger partial charge on any atom is 0.242 e. The Hall–Kier alpha value is -1.09. The minimum Gasteiger partial charge on any atom is -0.325 e. The van der Waals surface area contributed by atoms with Crippen molar-refractivity contribution in [2.75, 3.05) is 31.0 Å². The summed E-state index contributed by atoms with van der Waals surface area (Å²) in [4.78, 5) is 12.1. The molecule has 1 fully saturated rings. The van der Waals surface area contributed by atoms with Crippen LogP contribution in [0.1, 0.15) is 0 Å². The van der Waals surface area contributed by atoms with Crippen molar-refractivity contribution < 1.29 is 13.2 Å². The summed E-state index contributed by atoms with van der Waals surface area (Å²) in [5.74, 6) is 1.43. The number of nitrogens with one attached hydrogen (secondary N) is 2. The summed E-state index contributed by atoms with van der Waals surface area (Å²) in [7, 11) is -0.472. The Labute approximate surface area is 123 Å². The highest BCUT2D eigenvalue weighted by Crippen LogP contribution is 2.17. The van der Waals surface area contributed by atoms with Crippen molar-refractivity contribution in [3.63, 3.8) is 0 Å². The molecule has 1 aromatic carbocycles. The Morgan fingerprint density at radius 1 is 1.35 bits per heavy atom. The van der Waals surface area contributed by atoms with Gasteiger partial charge in [-0.1, -0.05) is 0 Å². The number of carbonyl (C=O) groups excluding carboxylic acids is 1. The molecule has 2 N–H and O–H groups in total. The van der Waals surface area contributed by atoms with Crippen LogP contribution < -0.4 is 10.6 Å². The molecule has 0 radical (unpaired) electrons. The predicted octanol–water partition coefficient (Wildman–Crippen LogP) is 0.538. The Kier molecular flexibility index (Phi) is 4.69. The Bertz CT molecular complexity index is 578. The number of sulfonamides is 1. The number of thioether (sulfide) groups is 1. The standard InChI is InChI=1S/C12H17N3O3S2/c1-15(2)20(17,18)10-5-3-9(4-6-10)14-12(16)11-7-19-8-13-11/h3-6,11,13H,7-8H2,1-2H3,(H,14,16). The predicted molar refractivity (Wildman–Crippen MR) is 80.2 cm³/mol. The smallest absolute Gasteiger partial charge is 0.242 e. The van der Waals surface area contributed by atoms with Gasteiger partial charge in [-0.25, -0.2) is 12.7 Å². The van der Waals surface area contributed by atoms with E-state index in [1.165, 1.54) is 26.2 Å². The molecule has 1 aliphatic rings. The number of anilines is 1. The van der Waals surface area contributed by atoms with Crippen LogP contribution in [0.15, 0.2) is 29.2 Å². The van der Waals surface area contributed by atoms with Gasteiger partial charge in [0.1, 0.15) is 0 Å². The van der Waals surface area contributed by atoms with Crippen LogP contribution in [0.4, 0.5) is 5.69 Å². The second kappa shape index (κ2) is 6.13. The summed E-state index contributed by atoms with van der Waals surface area (Å²) in [5, 5.41) is 5.84. The van der Waals surface area contributed by atoms with Crippen LogP contribution in [-0.2, 0) is 14.8 Å². The van der Waals surface area contributed by atoms with Crippen molar-refractivity contribution >= 4 is 33.4 Å². The minimum absolute atomic E-state index is 0.0989. The van der Waals surface area contributed by atoms with Crippen LogP contribution in [0, 0.1) is 0 Å². The van der Waals surface area contributed by atoms with Crippen molar-refractivity contribution in [2.24, 2.45) is 0 Å².